The summed E-state index contributed by atoms with van der Waals surface area (Å²) >= 11 is 6.13. The quantitative estimate of drug-likeness (QED) is 0.853. The lowest BCUT2D eigenvalue weighted by Crippen LogP contribution is -2.24. The molecule has 1 saturated carbocycles. The minimum atomic E-state index is -1.03. The van der Waals surface area contributed by atoms with E-state index in [1.807, 2.05) is 0 Å². The minimum absolute atomic E-state index is 0.239. The monoisotopic (exact) mass is 285 g/mol. The Morgan fingerprint density at radius 3 is 2.94 bits per heavy atom. The van der Waals surface area contributed by atoms with Gasteiger partial charge in [0.2, 0.25) is 0 Å². The lowest BCUT2D eigenvalue weighted by molar-refractivity contribution is 0.353. The Morgan fingerprint density at radius 1 is 1.44 bits per heavy atom. The smallest absolute Gasteiger partial charge is 0.0597 e. The number of anilines is 1. The van der Waals surface area contributed by atoms with Crippen molar-refractivity contribution < 1.29 is 4.21 Å². The topological polar surface area (TPSA) is 43.1 Å². The normalized spacial score (nSPS) is 25.9. The first kappa shape index (κ1) is 13.9. The van der Waals surface area contributed by atoms with Gasteiger partial charge in [-0.05, 0) is 37.0 Å². The van der Waals surface area contributed by atoms with Crippen LogP contribution in [0, 0.1) is 5.92 Å². The summed E-state index contributed by atoms with van der Waals surface area (Å²) in [5.41, 5.74) is 6.39. The standard InChI is InChI=1S/C14H20ClNOS/c1-2-10-4-3-5-12(8-10)18(17)14-9-11(16)6-7-13(14)15/h6-7,9-10,12H,2-5,8,16H2,1H3. The highest BCUT2D eigenvalue weighted by Crippen LogP contribution is 2.34. The van der Waals surface area contributed by atoms with Crippen molar-refractivity contribution in [1.82, 2.24) is 0 Å². The SMILES string of the molecule is CCC1CCCC(S(=O)c2cc(N)ccc2Cl)C1. The first-order valence-electron chi connectivity index (χ1n) is 6.57. The number of benzene rings is 1. The van der Waals surface area contributed by atoms with E-state index >= 15 is 0 Å². The molecule has 2 N–H and O–H groups in total. The van der Waals surface area contributed by atoms with Crippen molar-refractivity contribution >= 4 is 28.1 Å². The number of nitrogen functional groups attached to an aromatic ring is 1. The van der Waals surface area contributed by atoms with Gasteiger partial charge in [0.15, 0.2) is 0 Å². The fourth-order valence-electron chi connectivity index (χ4n) is 2.66. The van der Waals surface area contributed by atoms with Crippen LogP contribution in [0.1, 0.15) is 39.0 Å². The van der Waals surface area contributed by atoms with Crippen LogP contribution in [0.3, 0.4) is 0 Å². The van der Waals surface area contributed by atoms with Crippen LogP contribution in [0.4, 0.5) is 5.69 Å². The van der Waals surface area contributed by atoms with Crippen LogP contribution in [0.25, 0.3) is 0 Å². The van der Waals surface area contributed by atoms with Crippen LogP contribution in [0.5, 0.6) is 0 Å². The zero-order chi connectivity index (χ0) is 13.1. The van der Waals surface area contributed by atoms with Gasteiger partial charge in [0.25, 0.3) is 0 Å². The van der Waals surface area contributed by atoms with E-state index in [-0.39, 0.29) is 5.25 Å². The Hall–Kier alpha value is -0.540. The summed E-state index contributed by atoms with van der Waals surface area (Å²) in [6.07, 6.45) is 5.71. The molecule has 0 heterocycles. The highest BCUT2D eigenvalue weighted by atomic mass is 35.5. The lowest BCUT2D eigenvalue weighted by Gasteiger charge is -2.28. The number of hydrogen-bond donors (Lipinski definition) is 1. The second-order valence-corrected chi connectivity index (χ2v) is 7.16. The third-order valence-corrected chi connectivity index (χ3v) is 6.03. The number of rotatable bonds is 3. The zero-order valence-electron chi connectivity index (χ0n) is 10.7. The van der Waals surface area contributed by atoms with Crippen LogP contribution in [0.15, 0.2) is 23.1 Å². The van der Waals surface area contributed by atoms with E-state index in [9.17, 15) is 4.21 Å². The molecule has 0 amide bonds. The molecule has 100 valence electrons. The molecular formula is C14H20ClNOS. The third-order valence-electron chi connectivity index (χ3n) is 3.79. The maximum atomic E-state index is 12.6. The molecule has 18 heavy (non-hydrogen) atoms. The Balaban J connectivity index is 2.17. The van der Waals surface area contributed by atoms with Gasteiger partial charge in [-0.1, -0.05) is 37.8 Å². The van der Waals surface area contributed by atoms with Crippen molar-refractivity contribution in [2.24, 2.45) is 5.92 Å². The maximum absolute atomic E-state index is 12.6. The maximum Gasteiger partial charge on any atom is 0.0597 e. The second-order valence-electron chi connectivity index (χ2n) is 5.05. The Kier molecular flexibility index (Phi) is 4.68. The fourth-order valence-corrected chi connectivity index (χ4v) is 4.71. The minimum Gasteiger partial charge on any atom is -0.399 e. The predicted molar refractivity (Wildman–Crippen MR) is 78.3 cm³/mol. The van der Waals surface area contributed by atoms with E-state index in [1.54, 1.807) is 18.2 Å². The van der Waals surface area contributed by atoms with Gasteiger partial charge in [0.05, 0.1) is 20.7 Å². The highest BCUT2D eigenvalue weighted by molar-refractivity contribution is 7.85. The van der Waals surface area contributed by atoms with Gasteiger partial charge in [-0.15, -0.1) is 0 Å². The van der Waals surface area contributed by atoms with Crippen LogP contribution in [-0.2, 0) is 10.8 Å². The summed E-state index contributed by atoms with van der Waals surface area (Å²) in [5.74, 6) is 0.715. The summed E-state index contributed by atoms with van der Waals surface area (Å²) in [4.78, 5) is 0.707. The molecule has 0 aliphatic heterocycles. The van der Waals surface area contributed by atoms with Crippen molar-refractivity contribution in [3.8, 4) is 0 Å². The van der Waals surface area contributed by atoms with E-state index in [2.05, 4.69) is 6.92 Å². The van der Waals surface area contributed by atoms with Gasteiger partial charge < -0.3 is 5.73 Å². The van der Waals surface area contributed by atoms with Crippen molar-refractivity contribution in [3.05, 3.63) is 23.2 Å². The molecule has 0 aromatic heterocycles. The predicted octanol–water partition coefficient (Wildman–Crippen LogP) is 4.00. The van der Waals surface area contributed by atoms with Crippen molar-refractivity contribution in [3.63, 3.8) is 0 Å². The van der Waals surface area contributed by atoms with Crippen molar-refractivity contribution in [1.29, 1.82) is 0 Å². The van der Waals surface area contributed by atoms with Gasteiger partial charge in [0, 0.05) is 10.9 Å². The second kappa shape index (κ2) is 6.07. The van der Waals surface area contributed by atoms with E-state index in [0.29, 0.717) is 21.5 Å². The van der Waals surface area contributed by atoms with Gasteiger partial charge in [0.1, 0.15) is 0 Å². The summed E-state index contributed by atoms with van der Waals surface area (Å²) in [5, 5.41) is 0.809. The van der Waals surface area contributed by atoms with E-state index in [0.717, 1.165) is 12.8 Å². The molecule has 1 fully saturated rings. The summed E-state index contributed by atoms with van der Waals surface area (Å²) < 4.78 is 12.6. The molecule has 1 aliphatic rings. The van der Waals surface area contributed by atoms with Crippen molar-refractivity contribution in [2.75, 3.05) is 5.73 Å². The number of hydrogen-bond acceptors (Lipinski definition) is 2. The molecular weight excluding hydrogens is 266 g/mol. The van der Waals surface area contributed by atoms with Gasteiger partial charge in [-0.25, -0.2) is 0 Å². The molecule has 2 rings (SSSR count). The van der Waals surface area contributed by atoms with Crippen LogP contribution >= 0.6 is 11.6 Å². The highest BCUT2D eigenvalue weighted by Gasteiger charge is 2.27. The summed E-state index contributed by atoms with van der Waals surface area (Å²) in [6, 6.07) is 5.25. The zero-order valence-corrected chi connectivity index (χ0v) is 12.3. The Morgan fingerprint density at radius 2 is 2.22 bits per heavy atom. The first-order chi connectivity index (χ1) is 8.61. The number of halogens is 1. The van der Waals surface area contributed by atoms with Gasteiger partial charge in [-0.3, -0.25) is 4.21 Å². The third kappa shape index (κ3) is 3.07. The molecule has 0 saturated heterocycles. The molecule has 1 aliphatic carbocycles. The van der Waals surface area contributed by atoms with E-state index in [1.165, 1.54) is 19.3 Å². The average molecular weight is 286 g/mol. The molecule has 0 spiro atoms. The van der Waals surface area contributed by atoms with Crippen LogP contribution in [0.2, 0.25) is 5.02 Å². The van der Waals surface area contributed by atoms with Crippen LogP contribution in [-0.4, -0.2) is 9.46 Å². The molecule has 3 atom stereocenters. The fraction of sp³-hybridized carbons (Fsp3) is 0.571. The molecule has 0 bridgehead atoms. The molecule has 1 aromatic carbocycles. The molecule has 4 heteroatoms. The Labute approximate surface area is 116 Å². The van der Waals surface area contributed by atoms with E-state index < -0.39 is 10.8 Å². The van der Waals surface area contributed by atoms with Crippen LogP contribution < -0.4 is 5.73 Å². The first-order valence-corrected chi connectivity index (χ1v) is 8.16. The summed E-state index contributed by atoms with van der Waals surface area (Å²) in [6.45, 7) is 2.21. The average Bonchev–Trinajstić information content (AvgIpc) is 2.41. The van der Waals surface area contributed by atoms with Crippen molar-refractivity contribution in [2.45, 2.75) is 49.2 Å². The molecule has 2 nitrogen and oxygen atoms in total. The molecule has 1 aromatic rings. The van der Waals surface area contributed by atoms with Gasteiger partial charge in [-0.2, -0.15) is 0 Å². The van der Waals surface area contributed by atoms with E-state index in [4.69, 9.17) is 17.3 Å². The largest absolute Gasteiger partial charge is 0.399 e. The Bertz CT molecular complexity index is 449. The lowest BCUT2D eigenvalue weighted by atomic mass is 9.87. The molecule has 0 radical (unpaired) electrons. The molecule has 3 unspecified atom stereocenters. The summed E-state index contributed by atoms with van der Waals surface area (Å²) in [7, 11) is -1.03. The van der Waals surface area contributed by atoms with Gasteiger partial charge >= 0.3 is 0 Å². The number of nitrogens with two attached hydrogens (primary N) is 1.